The Balaban J connectivity index is 1.75. The number of halogens is 6. The fourth-order valence-electron chi connectivity index (χ4n) is 4.66. The number of pyridine rings is 1. The maximum absolute atomic E-state index is 14.6. The van der Waals surface area contributed by atoms with Crippen LogP contribution in [-0.2, 0) is 11.0 Å². The van der Waals surface area contributed by atoms with E-state index in [9.17, 15) is 41.4 Å². The molecule has 8 nitrogen and oxygen atoms in total. The van der Waals surface area contributed by atoms with E-state index < -0.39 is 76.7 Å². The zero-order chi connectivity index (χ0) is 29.7. The molecule has 1 saturated heterocycles. The Morgan fingerprint density at radius 3 is 2.42 bits per heavy atom. The van der Waals surface area contributed by atoms with Gasteiger partial charge in [0.1, 0.15) is 16.7 Å². The number of alkyl halides is 3. The highest BCUT2D eigenvalue weighted by molar-refractivity contribution is 6.31. The molecule has 0 unspecified atom stereocenters. The first-order chi connectivity index (χ1) is 18.5. The normalized spacial score (nSPS) is 16.1. The molecule has 1 fully saturated rings. The lowest BCUT2D eigenvalue weighted by Crippen LogP contribution is -2.47. The summed E-state index contributed by atoms with van der Waals surface area (Å²) in [7, 11) is 1.21. The minimum absolute atomic E-state index is 0.0788. The number of hydrogen-bond acceptors (Lipinski definition) is 4. The lowest BCUT2D eigenvalue weighted by molar-refractivity contribution is -0.136. The SMILES string of the molecule is CN(C(=O)CC(C)(C)[C@H]1CN(C(=O)O)C(=O)N1c1cc(C(F)(F)F)c2ccccc2n1)c1ccc(F)c(Cl)c1F. The number of nitrogens with zero attached hydrogens (tertiary/aromatic N) is 4. The van der Waals surface area contributed by atoms with Gasteiger partial charge in [-0.2, -0.15) is 13.2 Å². The highest BCUT2D eigenvalue weighted by Gasteiger charge is 2.50. The highest BCUT2D eigenvalue weighted by Crippen LogP contribution is 2.41. The smallest absolute Gasteiger partial charge is 0.417 e. The van der Waals surface area contributed by atoms with Gasteiger partial charge in [0.2, 0.25) is 5.91 Å². The zero-order valence-corrected chi connectivity index (χ0v) is 22.0. The molecule has 1 aliphatic rings. The van der Waals surface area contributed by atoms with Crippen molar-refractivity contribution < 1.29 is 41.4 Å². The minimum Gasteiger partial charge on any atom is -0.465 e. The van der Waals surface area contributed by atoms with Crippen molar-refractivity contribution in [3.63, 3.8) is 0 Å². The third kappa shape index (κ3) is 5.12. The molecular formula is C26H22ClF5N4O4. The third-order valence-electron chi connectivity index (χ3n) is 6.85. The predicted octanol–water partition coefficient (Wildman–Crippen LogP) is 6.55. The molecule has 4 rings (SSSR count). The largest absolute Gasteiger partial charge is 0.465 e. The zero-order valence-electron chi connectivity index (χ0n) is 21.3. The summed E-state index contributed by atoms with van der Waals surface area (Å²) in [5, 5.41) is 8.57. The van der Waals surface area contributed by atoms with Crippen LogP contribution in [0.5, 0.6) is 0 Å². The van der Waals surface area contributed by atoms with E-state index in [0.717, 1.165) is 21.9 Å². The lowest BCUT2D eigenvalue weighted by Gasteiger charge is -2.36. The molecular weight excluding hydrogens is 563 g/mol. The van der Waals surface area contributed by atoms with Crippen LogP contribution in [0.4, 0.5) is 43.0 Å². The van der Waals surface area contributed by atoms with Crippen molar-refractivity contribution in [2.24, 2.45) is 5.41 Å². The second kappa shape index (κ2) is 10.2. The maximum atomic E-state index is 14.6. The van der Waals surface area contributed by atoms with Gasteiger partial charge in [0.15, 0.2) is 5.82 Å². The second-order valence-electron chi connectivity index (χ2n) is 9.92. The molecule has 2 aromatic carbocycles. The van der Waals surface area contributed by atoms with Crippen molar-refractivity contribution in [3.8, 4) is 0 Å². The molecule has 0 radical (unpaired) electrons. The number of fused-ring (bicyclic) bond motifs is 1. The quantitative estimate of drug-likeness (QED) is 0.271. The van der Waals surface area contributed by atoms with Crippen LogP contribution in [-0.4, -0.2) is 52.7 Å². The number of aromatic nitrogens is 1. The van der Waals surface area contributed by atoms with E-state index in [0.29, 0.717) is 11.0 Å². The van der Waals surface area contributed by atoms with Gasteiger partial charge >= 0.3 is 18.3 Å². The first-order valence-electron chi connectivity index (χ1n) is 11.7. The van der Waals surface area contributed by atoms with Crippen molar-refractivity contribution in [3.05, 3.63) is 64.7 Å². The summed E-state index contributed by atoms with van der Waals surface area (Å²) in [4.78, 5) is 44.6. The Bertz CT molecular complexity index is 1530. The standard InChI is InChI=1S/C26H22ClF5N4O4/c1-25(2,11-20(37)34(3)17-9-8-15(28)21(27)22(17)29)18-12-35(24(39)40)23(38)36(18)19-10-14(26(30,31)32)13-6-4-5-7-16(13)33-19/h4-10,18H,11-12H2,1-3H3,(H,39,40)/t18-/m1/s1. The number of carboxylic acid groups (broad SMARTS) is 1. The summed E-state index contributed by atoms with van der Waals surface area (Å²) in [6.45, 7) is 2.54. The Morgan fingerprint density at radius 1 is 1.15 bits per heavy atom. The summed E-state index contributed by atoms with van der Waals surface area (Å²) in [6, 6.07) is 5.67. The predicted molar refractivity (Wildman–Crippen MR) is 136 cm³/mol. The van der Waals surface area contributed by atoms with Crippen LogP contribution in [0, 0.1) is 17.0 Å². The van der Waals surface area contributed by atoms with Gasteiger partial charge in [0, 0.05) is 18.9 Å². The number of para-hydroxylation sites is 1. The number of carbonyl (C=O) groups excluding carboxylic acids is 2. The van der Waals surface area contributed by atoms with Crippen LogP contribution in [0.2, 0.25) is 5.02 Å². The second-order valence-corrected chi connectivity index (χ2v) is 10.3. The Labute approximate surface area is 229 Å². The maximum Gasteiger partial charge on any atom is 0.417 e. The molecule has 0 bridgehead atoms. The van der Waals surface area contributed by atoms with Crippen LogP contribution in [0.3, 0.4) is 0 Å². The fourth-order valence-corrected chi connectivity index (χ4v) is 4.82. The molecule has 4 amide bonds. The average Bonchev–Trinajstić information content (AvgIpc) is 3.23. The monoisotopic (exact) mass is 584 g/mol. The topological polar surface area (TPSA) is 94.1 Å². The van der Waals surface area contributed by atoms with Crippen LogP contribution in [0.25, 0.3) is 10.9 Å². The Morgan fingerprint density at radius 2 is 1.80 bits per heavy atom. The molecule has 1 N–H and O–H groups in total. The summed E-state index contributed by atoms with van der Waals surface area (Å²) in [6.07, 6.45) is -6.88. The number of hydrogen-bond donors (Lipinski definition) is 1. The number of anilines is 2. The molecule has 1 aromatic heterocycles. The number of urea groups is 1. The van der Waals surface area contributed by atoms with E-state index in [4.69, 9.17) is 11.6 Å². The molecule has 2 heterocycles. The molecule has 1 aliphatic heterocycles. The van der Waals surface area contributed by atoms with E-state index in [1.54, 1.807) is 0 Å². The van der Waals surface area contributed by atoms with Gasteiger partial charge in [-0.05, 0) is 29.7 Å². The molecule has 1 atom stereocenters. The molecule has 3 aromatic rings. The van der Waals surface area contributed by atoms with Gasteiger partial charge in [-0.1, -0.05) is 43.6 Å². The molecule has 40 heavy (non-hydrogen) atoms. The van der Waals surface area contributed by atoms with Crippen molar-refractivity contribution >= 4 is 52.0 Å². The third-order valence-corrected chi connectivity index (χ3v) is 7.20. The van der Waals surface area contributed by atoms with Gasteiger partial charge < -0.3 is 10.0 Å². The fraction of sp³-hybridized carbons (Fsp3) is 0.308. The van der Waals surface area contributed by atoms with Crippen LogP contribution in [0.15, 0.2) is 42.5 Å². The first kappa shape index (κ1) is 29.0. The number of benzene rings is 2. The van der Waals surface area contributed by atoms with Crippen molar-refractivity contribution in [1.82, 2.24) is 9.88 Å². The molecule has 212 valence electrons. The Hall–Kier alpha value is -4.00. The van der Waals surface area contributed by atoms with Crippen molar-refractivity contribution in [2.45, 2.75) is 32.5 Å². The van der Waals surface area contributed by atoms with Gasteiger partial charge in [0.05, 0.1) is 29.4 Å². The van der Waals surface area contributed by atoms with E-state index in [1.165, 1.54) is 45.2 Å². The highest BCUT2D eigenvalue weighted by atomic mass is 35.5. The summed E-state index contributed by atoms with van der Waals surface area (Å²) < 4.78 is 70.1. The van der Waals surface area contributed by atoms with E-state index in [1.807, 2.05) is 0 Å². The molecule has 0 saturated carbocycles. The van der Waals surface area contributed by atoms with Crippen LogP contribution in [0.1, 0.15) is 25.8 Å². The van der Waals surface area contributed by atoms with E-state index >= 15 is 0 Å². The number of rotatable bonds is 5. The van der Waals surface area contributed by atoms with Gasteiger partial charge in [-0.3, -0.25) is 9.69 Å². The average molecular weight is 585 g/mol. The molecule has 0 aliphatic carbocycles. The minimum atomic E-state index is -4.82. The van der Waals surface area contributed by atoms with Crippen molar-refractivity contribution in [1.29, 1.82) is 0 Å². The van der Waals surface area contributed by atoms with Gasteiger partial charge in [-0.15, -0.1) is 0 Å². The summed E-state index contributed by atoms with van der Waals surface area (Å²) >= 11 is 5.62. The van der Waals surface area contributed by atoms with E-state index in [2.05, 4.69) is 4.98 Å². The summed E-state index contributed by atoms with van der Waals surface area (Å²) in [5.74, 6) is -3.37. The summed E-state index contributed by atoms with van der Waals surface area (Å²) in [5.41, 5.74) is -2.77. The lowest BCUT2D eigenvalue weighted by atomic mass is 9.80. The molecule has 0 spiro atoms. The molecule has 14 heteroatoms. The van der Waals surface area contributed by atoms with Crippen LogP contribution >= 0.6 is 11.6 Å². The number of imide groups is 1. The Kier molecular flexibility index (Phi) is 7.39. The number of amides is 4. The first-order valence-corrected chi connectivity index (χ1v) is 12.1. The van der Waals surface area contributed by atoms with Crippen LogP contribution < -0.4 is 9.80 Å². The van der Waals surface area contributed by atoms with Crippen molar-refractivity contribution in [2.75, 3.05) is 23.4 Å². The number of carbonyl (C=O) groups is 3. The van der Waals surface area contributed by atoms with Gasteiger partial charge in [0.25, 0.3) is 0 Å². The van der Waals surface area contributed by atoms with Gasteiger partial charge in [-0.25, -0.2) is 28.3 Å². The van der Waals surface area contributed by atoms with E-state index in [-0.39, 0.29) is 16.6 Å².